The van der Waals surface area contributed by atoms with Gasteiger partial charge < -0.3 is 15.4 Å². The topological polar surface area (TPSA) is 48.9 Å². The van der Waals surface area contributed by atoms with Gasteiger partial charge in [-0.2, -0.15) is 13.2 Å². The Bertz CT molecular complexity index is 347. The fraction of sp³-hybridized carbons (Fsp3) is 0.929. The zero-order valence-electron chi connectivity index (χ0n) is 13.5. The van der Waals surface area contributed by atoms with Crippen molar-refractivity contribution >= 4 is 5.96 Å². The van der Waals surface area contributed by atoms with Crippen molar-refractivity contribution in [3.05, 3.63) is 0 Å². The highest BCUT2D eigenvalue weighted by molar-refractivity contribution is 5.80. The summed E-state index contributed by atoms with van der Waals surface area (Å²) in [4.78, 5) is 5.50. The number of guanidine groups is 1. The first-order valence-corrected chi connectivity index (χ1v) is 7.64. The lowest BCUT2D eigenvalue weighted by molar-refractivity contribution is -0.143. The van der Waals surface area contributed by atoms with E-state index in [1.165, 1.54) is 4.90 Å². The molecule has 0 amide bonds. The van der Waals surface area contributed by atoms with E-state index in [1.54, 1.807) is 7.05 Å². The van der Waals surface area contributed by atoms with Crippen molar-refractivity contribution in [1.82, 2.24) is 15.5 Å². The Morgan fingerprint density at radius 1 is 1.41 bits per heavy atom. The summed E-state index contributed by atoms with van der Waals surface area (Å²) in [7, 11) is 1.65. The minimum atomic E-state index is -4.14. The van der Waals surface area contributed by atoms with Crippen molar-refractivity contribution in [3.63, 3.8) is 0 Å². The van der Waals surface area contributed by atoms with Crippen LogP contribution in [0.25, 0.3) is 0 Å². The van der Waals surface area contributed by atoms with Gasteiger partial charge in [-0.3, -0.25) is 9.89 Å². The second-order valence-electron chi connectivity index (χ2n) is 5.95. The zero-order valence-corrected chi connectivity index (χ0v) is 13.5. The third-order valence-corrected chi connectivity index (χ3v) is 3.23. The third-order valence-electron chi connectivity index (χ3n) is 3.23. The highest BCUT2D eigenvalue weighted by atomic mass is 19.4. The summed E-state index contributed by atoms with van der Waals surface area (Å²) in [5.74, 6) is 1.10. The number of ether oxygens (including phenoxy) is 1. The van der Waals surface area contributed by atoms with Crippen LogP contribution in [0.15, 0.2) is 4.99 Å². The molecule has 1 fully saturated rings. The third kappa shape index (κ3) is 8.43. The molecule has 1 aliphatic heterocycles. The summed E-state index contributed by atoms with van der Waals surface area (Å²) >= 11 is 0. The van der Waals surface area contributed by atoms with Crippen LogP contribution < -0.4 is 10.6 Å². The predicted molar refractivity (Wildman–Crippen MR) is 81.1 cm³/mol. The van der Waals surface area contributed by atoms with Gasteiger partial charge in [-0.05, 0) is 12.3 Å². The molecule has 0 radical (unpaired) electrons. The molecule has 2 N–H and O–H groups in total. The molecule has 1 saturated heterocycles. The Labute approximate surface area is 130 Å². The van der Waals surface area contributed by atoms with Crippen LogP contribution in [-0.4, -0.2) is 69.5 Å². The number of likely N-dealkylation sites (tertiary alicyclic amines) is 1. The molecule has 0 spiro atoms. The van der Waals surface area contributed by atoms with Crippen LogP contribution >= 0.6 is 0 Å². The lowest BCUT2D eigenvalue weighted by atomic mass is 10.2. The monoisotopic (exact) mass is 324 g/mol. The maximum absolute atomic E-state index is 12.3. The van der Waals surface area contributed by atoms with E-state index in [1.807, 2.05) is 0 Å². The first kappa shape index (κ1) is 19.0. The van der Waals surface area contributed by atoms with E-state index in [-0.39, 0.29) is 6.04 Å². The summed E-state index contributed by atoms with van der Waals surface area (Å²) < 4.78 is 42.5. The molecule has 130 valence electrons. The van der Waals surface area contributed by atoms with E-state index in [0.717, 1.165) is 0 Å². The van der Waals surface area contributed by atoms with Gasteiger partial charge in [-0.15, -0.1) is 0 Å². The van der Waals surface area contributed by atoms with Crippen LogP contribution in [0.1, 0.15) is 20.3 Å². The van der Waals surface area contributed by atoms with Gasteiger partial charge in [0.25, 0.3) is 0 Å². The molecule has 1 aliphatic rings. The largest absolute Gasteiger partial charge is 0.401 e. The summed E-state index contributed by atoms with van der Waals surface area (Å²) in [5.41, 5.74) is 0. The molecule has 0 aliphatic carbocycles. The highest BCUT2D eigenvalue weighted by Gasteiger charge is 2.34. The van der Waals surface area contributed by atoms with Gasteiger partial charge in [0.1, 0.15) is 0 Å². The van der Waals surface area contributed by atoms with Gasteiger partial charge in [0.2, 0.25) is 0 Å². The van der Waals surface area contributed by atoms with E-state index in [4.69, 9.17) is 4.74 Å². The fourth-order valence-corrected chi connectivity index (χ4v) is 2.30. The highest BCUT2D eigenvalue weighted by Crippen LogP contribution is 2.19. The summed E-state index contributed by atoms with van der Waals surface area (Å²) in [6.07, 6.45) is -3.46. The van der Waals surface area contributed by atoms with Gasteiger partial charge in [0.05, 0.1) is 13.2 Å². The molecule has 0 aromatic carbocycles. The van der Waals surface area contributed by atoms with Crippen LogP contribution in [0.2, 0.25) is 0 Å². The number of alkyl halides is 3. The van der Waals surface area contributed by atoms with Gasteiger partial charge in [0.15, 0.2) is 5.96 Å². The van der Waals surface area contributed by atoms with Crippen LogP contribution in [-0.2, 0) is 4.74 Å². The Balaban J connectivity index is 2.21. The van der Waals surface area contributed by atoms with E-state index in [2.05, 4.69) is 29.5 Å². The molecule has 0 aromatic heterocycles. The van der Waals surface area contributed by atoms with E-state index in [0.29, 0.717) is 51.1 Å². The average Bonchev–Trinajstić information content (AvgIpc) is 2.81. The Hall–Kier alpha value is -1.02. The van der Waals surface area contributed by atoms with Crippen molar-refractivity contribution < 1.29 is 17.9 Å². The van der Waals surface area contributed by atoms with Crippen LogP contribution in [0, 0.1) is 5.92 Å². The van der Waals surface area contributed by atoms with Crippen LogP contribution in [0.5, 0.6) is 0 Å². The number of hydrogen-bond acceptors (Lipinski definition) is 3. The van der Waals surface area contributed by atoms with Crippen LogP contribution in [0.4, 0.5) is 13.2 Å². The molecule has 1 atom stereocenters. The molecule has 0 bridgehead atoms. The Morgan fingerprint density at radius 3 is 2.73 bits per heavy atom. The van der Waals surface area contributed by atoms with Gasteiger partial charge in [-0.1, -0.05) is 13.8 Å². The standard InChI is InChI=1S/C14H27F3N4O/c1-11(2)9-22-7-5-19-13(18-3)20-12-4-6-21(8-12)10-14(15,16)17/h11-12H,4-10H2,1-3H3,(H2,18,19,20). The second-order valence-corrected chi connectivity index (χ2v) is 5.95. The molecule has 0 aromatic rings. The molecule has 1 rings (SSSR count). The van der Waals surface area contributed by atoms with Crippen LogP contribution in [0.3, 0.4) is 0 Å². The van der Waals surface area contributed by atoms with Gasteiger partial charge >= 0.3 is 6.18 Å². The number of rotatable bonds is 7. The molecule has 1 unspecified atom stereocenters. The lowest BCUT2D eigenvalue weighted by Crippen LogP contribution is -2.46. The van der Waals surface area contributed by atoms with Gasteiger partial charge in [0, 0.05) is 39.3 Å². The van der Waals surface area contributed by atoms with Crippen molar-refractivity contribution in [1.29, 1.82) is 0 Å². The fourth-order valence-electron chi connectivity index (χ4n) is 2.30. The number of nitrogens with one attached hydrogen (secondary N) is 2. The van der Waals surface area contributed by atoms with Gasteiger partial charge in [-0.25, -0.2) is 0 Å². The smallest absolute Gasteiger partial charge is 0.379 e. The Morgan fingerprint density at radius 2 is 2.14 bits per heavy atom. The van der Waals surface area contributed by atoms with E-state index >= 15 is 0 Å². The zero-order chi connectivity index (χ0) is 16.6. The van der Waals surface area contributed by atoms with Crippen molar-refractivity contribution in [2.75, 3.05) is 46.4 Å². The molecule has 8 heteroatoms. The number of hydrogen-bond donors (Lipinski definition) is 2. The predicted octanol–water partition coefficient (Wildman–Crippen LogP) is 1.46. The number of aliphatic imine (C=N–C) groups is 1. The number of halogens is 3. The maximum Gasteiger partial charge on any atom is 0.401 e. The lowest BCUT2D eigenvalue weighted by Gasteiger charge is -2.19. The SMILES string of the molecule is CN=C(NCCOCC(C)C)NC1CCN(CC(F)(F)F)C1. The first-order valence-electron chi connectivity index (χ1n) is 7.64. The average molecular weight is 324 g/mol. The maximum atomic E-state index is 12.3. The molecule has 22 heavy (non-hydrogen) atoms. The normalized spacial score (nSPS) is 20.7. The van der Waals surface area contributed by atoms with Crippen molar-refractivity contribution in [2.45, 2.75) is 32.5 Å². The number of nitrogens with zero attached hydrogens (tertiary/aromatic N) is 2. The molecule has 5 nitrogen and oxygen atoms in total. The molecular formula is C14H27F3N4O. The second kappa shape index (κ2) is 9.19. The van der Waals surface area contributed by atoms with Crippen molar-refractivity contribution in [2.24, 2.45) is 10.9 Å². The van der Waals surface area contributed by atoms with Crippen molar-refractivity contribution in [3.8, 4) is 0 Å². The summed E-state index contributed by atoms with van der Waals surface area (Å²) in [6.45, 7) is 6.05. The summed E-state index contributed by atoms with van der Waals surface area (Å²) in [5, 5.41) is 6.26. The molecule has 1 heterocycles. The molecular weight excluding hydrogens is 297 g/mol. The first-order chi connectivity index (χ1) is 10.3. The quantitative estimate of drug-likeness (QED) is 0.423. The summed E-state index contributed by atoms with van der Waals surface area (Å²) in [6, 6.07) is -0.00914. The van der Waals surface area contributed by atoms with E-state index in [9.17, 15) is 13.2 Å². The van der Waals surface area contributed by atoms with E-state index < -0.39 is 12.7 Å². The minimum absolute atomic E-state index is 0.00914. The Kier molecular flexibility index (Phi) is 7.95. The minimum Gasteiger partial charge on any atom is -0.379 e. The molecule has 0 saturated carbocycles.